The highest BCUT2D eigenvalue weighted by Crippen LogP contribution is 2.18. The van der Waals surface area contributed by atoms with Crippen LogP contribution in [0.2, 0.25) is 10.0 Å². The normalized spacial score (nSPS) is 11.4. The molecule has 0 saturated heterocycles. The van der Waals surface area contributed by atoms with Crippen molar-refractivity contribution in [1.29, 1.82) is 0 Å². The summed E-state index contributed by atoms with van der Waals surface area (Å²) in [5, 5.41) is 6.47. The summed E-state index contributed by atoms with van der Waals surface area (Å²) in [4.78, 5) is 28.6. The zero-order chi connectivity index (χ0) is 20.8. The molecule has 3 rings (SSSR count). The van der Waals surface area contributed by atoms with E-state index in [1.54, 1.807) is 67.6 Å². The van der Waals surface area contributed by atoms with Gasteiger partial charge in [-0.15, -0.1) is 0 Å². The van der Waals surface area contributed by atoms with Crippen molar-refractivity contribution in [2.24, 2.45) is 0 Å². The fourth-order valence-electron chi connectivity index (χ4n) is 2.38. The first-order chi connectivity index (χ1) is 13.9. The Bertz CT molecular complexity index is 1010. The van der Waals surface area contributed by atoms with Gasteiger partial charge in [-0.1, -0.05) is 23.2 Å². The van der Waals surface area contributed by atoms with Gasteiger partial charge in [-0.05, 0) is 67.6 Å². The minimum absolute atomic E-state index is 0.304. The van der Waals surface area contributed by atoms with Gasteiger partial charge in [-0.2, -0.15) is 0 Å². The fourth-order valence-corrected chi connectivity index (χ4v) is 2.67. The van der Waals surface area contributed by atoms with Crippen LogP contribution in [0.15, 0.2) is 66.9 Å². The number of hydrogen-bond acceptors (Lipinski definition) is 4. The van der Waals surface area contributed by atoms with Crippen molar-refractivity contribution in [3.8, 4) is 5.75 Å². The number of carbonyl (C=O) groups is 2. The number of nitrogens with zero attached hydrogens (tertiary/aromatic N) is 1. The molecule has 3 aromatic rings. The molecular weight excluding hydrogens is 413 g/mol. The van der Waals surface area contributed by atoms with E-state index in [0.717, 1.165) is 0 Å². The van der Waals surface area contributed by atoms with Crippen LogP contribution in [0.25, 0.3) is 0 Å². The quantitative estimate of drug-likeness (QED) is 0.574. The highest BCUT2D eigenvalue weighted by Gasteiger charge is 2.15. The zero-order valence-electron chi connectivity index (χ0n) is 15.4. The third-order valence-electron chi connectivity index (χ3n) is 3.87. The molecule has 0 radical (unpaired) electrons. The molecule has 6 nitrogen and oxygen atoms in total. The van der Waals surface area contributed by atoms with E-state index in [1.807, 2.05) is 0 Å². The van der Waals surface area contributed by atoms with E-state index in [2.05, 4.69) is 15.6 Å². The van der Waals surface area contributed by atoms with E-state index in [-0.39, 0.29) is 11.8 Å². The molecule has 1 atom stereocenters. The summed E-state index contributed by atoms with van der Waals surface area (Å²) in [6.45, 7) is 1.64. The average molecular weight is 430 g/mol. The Labute approximate surface area is 177 Å². The van der Waals surface area contributed by atoms with Gasteiger partial charge in [-0.25, -0.2) is 4.98 Å². The first-order valence-corrected chi connectivity index (χ1v) is 9.42. The van der Waals surface area contributed by atoms with E-state index < -0.39 is 6.10 Å². The number of hydrogen-bond donors (Lipinski definition) is 2. The predicted octanol–water partition coefficient (Wildman–Crippen LogP) is 5.05. The van der Waals surface area contributed by atoms with Crippen LogP contribution in [0, 0.1) is 0 Å². The highest BCUT2D eigenvalue weighted by atomic mass is 35.5. The molecule has 0 fully saturated rings. The smallest absolute Gasteiger partial charge is 0.265 e. The molecule has 0 bridgehead atoms. The third-order valence-corrected chi connectivity index (χ3v) is 4.36. The number of carbonyl (C=O) groups excluding carboxylic acids is 2. The Balaban J connectivity index is 1.57. The van der Waals surface area contributed by atoms with Crippen molar-refractivity contribution in [3.63, 3.8) is 0 Å². The minimum Gasteiger partial charge on any atom is -0.481 e. The Kier molecular flexibility index (Phi) is 6.69. The molecule has 2 N–H and O–H groups in total. The molecule has 0 aliphatic carbocycles. The van der Waals surface area contributed by atoms with Crippen molar-refractivity contribution in [2.45, 2.75) is 13.0 Å². The number of halogens is 2. The van der Waals surface area contributed by atoms with Crippen molar-refractivity contribution < 1.29 is 14.3 Å². The van der Waals surface area contributed by atoms with Crippen LogP contribution in [-0.4, -0.2) is 22.9 Å². The maximum absolute atomic E-state index is 12.3. The fraction of sp³-hybridized carbons (Fsp3) is 0.0952. The van der Waals surface area contributed by atoms with Gasteiger partial charge in [0.15, 0.2) is 6.10 Å². The highest BCUT2D eigenvalue weighted by molar-refractivity contribution is 6.31. The molecule has 1 aromatic heterocycles. The van der Waals surface area contributed by atoms with Crippen LogP contribution >= 0.6 is 23.2 Å². The van der Waals surface area contributed by atoms with Crippen molar-refractivity contribution >= 4 is 46.5 Å². The lowest BCUT2D eigenvalue weighted by Gasteiger charge is -2.15. The van der Waals surface area contributed by atoms with Crippen LogP contribution < -0.4 is 15.4 Å². The second kappa shape index (κ2) is 9.41. The zero-order valence-corrected chi connectivity index (χ0v) is 16.9. The van der Waals surface area contributed by atoms with Crippen LogP contribution in [0.3, 0.4) is 0 Å². The summed E-state index contributed by atoms with van der Waals surface area (Å²) in [5.41, 5.74) is 1.04. The van der Waals surface area contributed by atoms with Gasteiger partial charge in [0.2, 0.25) is 0 Å². The molecular formula is C21H17Cl2N3O3. The number of aromatic nitrogens is 1. The Hall–Kier alpha value is -3.09. The Morgan fingerprint density at radius 1 is 0.931 bits per heavy atom. The molecule has 0 spiro atoms. The maximum atomic E-state index is 12.3. The van der Waals surface area contributed by atoms with Gasteiger partial charge in [-0.3, -0.25) is 9.59 Å². The van der Waals surface area contributed by atoms with Crippen molar-refractivity contribution in [3.05, 3.63) is 82.5 Å². The lowest BCUT2D eigenvalue weighted by Crippen LogP contribution is -2.30. The molecule has 0 aliphatic heterocycles. The number of ether oxygens (including phenoxy) is 1. The van der Waals surface area contributed by atoms with Crippen LogP contribution in [0.1, 0.15) is 17.3 Å². The summed E-state index contributed by atoms with van der Waals surface area (Å²) in [6.07, 6.45) is 0.770. The average Bonchev–Trinajstić information content (AvgIpc) is 2.70. The second-order valence-corrected chi connectivity index (χ2v) is 6.97. The van der Waals surface area contributed by atoms with Gasteiger partial charge in [0.05, 0.1) is 0 Å². The molecule has 8 heteroatoms. The predicted molar refractivity (Wildman–Crippen MR) is 114 cm³/mol. The largest absolute Gasteiger partial charge is 0.481 e. The SMILES string of the molecule is C[C@H](Oc1ccc(C(=O)Nc2cc(Cl)ccn2)cc1)C(=O)Nc1ccc(Cl)cc1. The molecule has 0 aliphatic rings. The van der Waals surface area contributed by atoms with E-state index in [1.165, 1.54) is 6.20 Å². The monoisotopic (exact) mass is 429 g/mol. The number of anilines is 2. The summed E-state index contributed by atoms with van der Waals surface area (Å²) in [7, 11) is 0. The molecule has 148 valence electrons. The van der Waals surface area contributed by atoms with E-state index in [0.29, 0.717) is 32.9 Å². The van der Waals surface area contributed by atoms with Gasteiger partial charge < -0.3 is 15.4 Å². The number of pyridine rings is 1. The molecule has 2 aromatic carbocycles. The lowest BCUT2D eigenvalue weighted by molar-refractivity contribution is -0.122. The Morgan fingerprint density at radius 2 is 1.62 bits per heavy atom. The summed E-state index contributed by atoms with van der Waals surface area (Å²) in [5.74, 6) is 0.178. The third kappa shape index (κ3) is 5.94. The molecule has 2 amide bonds. The summed E-state index contributed by atoms with van der Waals surface area (Å²) >= 11 is 11.7. The number of amides is 2. The number of nitrogens with one attached hydrogen (secondary N) is 2. The van der Waals surface area contributed by atoms with Crippen molar-refractivity contribution in [1.82, 2.24) is 4.98 Å². The Morgan fingerprint density at radius 3 is 2.28 bits per heavy atom. The van der Waals surface area contributed by atoms with Gasteiger partial charge in [0.1, 0.15) is 11.6 Å². The van der Waals surface area contributed by atoms with Gasteiger partial charge >= 0.3 is 0 Å². The van der Waals surface area contributed by atoms with Gasteiger partial charge in [0.25, 0.3) is 11.8 Å². The minimum atomic E-state index is -0.735. The van der Waals surface area contributed by atoms with Crippen LogP contribution in [-0.2, 0) is 4.79 Å². The summed E-state index contributed by atoms with van der Waals surface area (Å²) in [6, 6.07) is 16.4. The van der Waals surface area contributed by atoms with Crippen LogP contribution in [0.4, 0.5) is 11.5 Å². The molecule has 0 unspecified atom stereocenters. The topological polar surface area (TPSA) is 80.3 Å². The number of rotatable bonds is 6. The maximum Gasteiger partial charge on any atom is 0.265 e. The van der Waals surface area contributed by atoms with E-state index in [9.17, 15) is 9.59 Å². The van der Waals surface area contributed by atoms with Crippen molar-refractivity contribution in [2.75, 3.05) is 10.6 Å². The first-order valence-electron chi connectivity index (χ1n) is 8.67. The standard InChI is InChI=1S/C21H17Cl2N3O3/c1-13(20(27)25-17-6-4-15(22)5-7-17)29-18-8-2-14(3-9-18)21(28)26-19-12-16(23)10-11-24-19/h2-13H,1H3,(H,25,27)(H,24,26,28)/t13-/m0/s1. The van der Waals surface area contributed by atoms with E-state index in [4.69, 9.17) is 27.9 Å². The second-order valence-electron chi connectivity index (χ2n) is 6.09. The molecule has 0 saturated carbocycles. The number of benzene rings is 2. The summed E-state index contributed by atoms with van der Waals surface area (Å²) < 4.78 is 5.64. The molecule has 1 heterocycles. The first kappa shape index (κ1) is 20.6. The van der Waals surface area contributed by atoms with Gasteiger partial charge in [0, 0.05) is 27.5 Å². The van der Waals surface area contributed by atoms with E-state index >= 15 is 0 Å². The lowest BCUT2D eigenvalue weighted by atomic mass is 10.2. The molecule has 29 heavy (non-hydrogen) atoms. The van der Waals surface area contributed by atoms with Crippen LogP contribution in [0.5, 0.6) is 5.75 Å².